The molecule has 11 heteroatoms. The number of aromatic hydroxyl groups is 1. The van der Waals surface area contributed by atoms with E-state index in [-0.39, 0.29) is 30.1 Å². The third-order valence-corrected chi connectivity index (χ3v) is 6.71. The average Bonchev–Trinajstić information content (AvgIpc) is 3.32. The molecule has 1 aliphatic rings. The number of halogens is 1. The quantitative estimate of drug-likeness (QED) is 0.444. The summed E-state index contributed by atoms with van der Waals surface area (Å²) in [5, 5.41) is 26.8. The Hall–Kier alpha value is -4.43. The number of nitriles is 1. The van der Waals surface area contributed by atoms with Gasteiger partial charge in [0.25, 0.3) is 5.91 Å². The summed E-state index contributed by atoms with van der Waals surface area (Å²) >= 11 is 0. The van der Waals surface area contributed by atoms with E-state index < -0.39 is 23.4 Å². The molecule has 0 bridgehead atoms. The molecule has 1 aromatic heterocycles. The Bertz CT molecular complexity index is 1340. The first-order valence-corrected chi connectivity index (χ1v) is 11.7. The molecule has 2 heterocycles. The summed E-state index contributed by atoms with van der Waals surface area (Å²) in [6, 6.07) is 14.1. The molecule has 4 N–H and O–H groups in total. The van der Waals surface area contributed by atoms with Crippen molar-refractivity contribution in [2.75, 3.05) is 25.5 Å². The van der Waals surface area contributed by atoms with Gasteiger partial charge in [-0.2, -0.15) is 10.4 Å². The van der Waals surface area contributed by atoms with E-state index >= 15 is 0 Å². The van der Waals surface area contributed by atoms with Crippen LogP contribution in [0.5, 0.6) is 5.75 Å². The zero-order valence-electron chi connectivity index (χ0n) is 20.3. The van der Waals surface area contributed by atoms with Crippen LogP contribution in [0.1, 0.15) is 35.2 Å². The molecule has 37 heavy (non-hydrogen) atoms. The number of benzene rings is 2. The molecule has 0 unspecified atom stereocenters. The number of carbonyl (C=O) groups excluding carboxylic acids is 2. The number of primary amides is 1. The summed E-state index contributed by atoms with van der Waals surface area (Å²) in [5.74, 6) is -1.24. The van der Waals surface area contributed by atoms with Gasteiger partial charge in [-0.3, -0.25) is 19.7 Å². The minimum atomic E-state index is -0.805. The van der Waals surface area contributed by atoms with Gasteiger partial charge in [0.1, 0.15) is 17.1 Å². The molecule has 1 aliphatic heterocycles. The highest BCUT2D eigenvalue weighted by molar-refractivity contribution is 6.00. The molecule has 1 fully saturated rings. The number of rotatable bonds is 7. The van der Waals surface area contributed by atoms with Gasteiger partial charge >= 0.3 is 6.09 Å². The number of nitrogens with zero attached hydrogens (tertiary/aromatic N) is 4. The van der Waals surface area contributed by atoms with E-state index in [4.69, 9.17) is 5.73 Å². The Morgan fingerprint density at radius 2 is 1.97 bits per heavy atom. The standard InChI is InChI=1S/C26H27FN6O4/c1-37-25(36)30-24-20(23(29)35)16-33(31-24)26(7-10-28)8-11-32(12-9-26)15-18-13-22(34)19(14-21(18)27)17-5-3-2-4-6-17/h2-6,13-14,16,34H,7-9,11-12,15H2,1H3,(H2,29,35)(H,30,31,36). The van der Waals surface area contributed by atoms with E-state index in [1.54, 1.807) is 12.1 Å². The van der Waals surface area contributed by atoms with E-state index in [1.165, 1.54) is 30.1 Å². The molecule has 3 aromatic rings. The van der Waals surface area contributed by atoms with Gasteiger partial charge in [0.15, 0.2) is 5.82 Å². The first-order valence-electron chi connectivity index (χ1n) is 11.7. The van der Waals surface area contributed by atoms with Gasteiger partial charge in [-0.25, -0.2) is 9.18 Å². The Morgan fingerprint density at radius 1 is 1.27 bits per heavy atom. The van der Waals surface area contributed by atoms with Crippen LogP contribution in [0, 0.1) is 17.1 Å². The monoisotopic (exact) mass is 506 g/mol. The number of ether oxygens (including phenoxy) is 1. The van der Waals surface area contributed by atoms with Crippen molar-refractivity contribution < 1.29 is 23.8 Å². The van der Waals surface area contributed by atoms with E-state index in [1.807, 2.05) is 23.1 Å². The van der Waals surface area contributed by atoms with Crippen molar-refractivity contribution in [1.29, 1.82) is 5.26 Å². The number of phenols is 1. The number of phenolic OH excluding ortho intramolecular Hbond substituents is 1. The second kappa shape index (κ2) is 10.7. The fourth-order valence-corrected chi connectivity index (χ4v) is 4.61. The number of carbonyl (C=O) groups is 2. The zero-order valence-corrected chi connectivity index (χ0v) is 20.3. The van der Waals surface area contributed by atoms with Crippen molar-refractivity contribution in [3.63, 3.8) is 0 Å². The van der Waals surface area contributed by atoms with Crippen molar-refractivity contribution in [2.24, 2.45) is 5.73 Å². The molecule has 0 aliphatic carbocycles. The molecule has 0 radical (unpaired) electrons. The summed E-state index contributed by atoms with van der Waals surface area (Å²) < 4.78 is 21.1. The topological polar surface area (TPSA) is 146 Å². The Balaban J connectivity index is 1.52. The SMILES string of the molecule is COC(=O)Nc1nn(C2(CC#N)CCN(Cc3cc(O)c(-c4ccccc4)cc3F)CC2)cc1C(N)=O. The second-order valence-corrected chi connectivity index (χ2v) is 8.98. The molecular weight excluding hydrogens is 479 g/mol. The first-order chi connectivity index (χ1) is 17.8. The van der Waals surface area contributed by atoms with Crippen LogP contribution >= 0.6 is 0 Å². The molecule has 0 atom stereocenters. The lowest BCUT2D eigenvalue weighted by atomic mass is 9.84. The van der Waals surface area contributed by atoms with Crippen molar-refractivity contribution in [3.05, 3.63) is 65.6 Å². The number of amides is 2. The molecule has 192 valence electrons. The Labute approximate surface area is 213 Å². The van der Waals surface area contributed by atoms with E-state index in [2.05, 4.69) is 21.2 Å². The number of likely N-dealkylation sites (tertiary alicyclic amines) is 1. The normalized spacial score (nSPS) is 15.1. The number of nitrogens with two attached hydrogens (primary N) is 1. The van der Waals surface area contributed by atoms with Crippen LogP contribution in [-0.4, -0.2) is 52.0 Å². The fraction of sp³-hybridized carbons (Fsp3) is 0.308. The number of piperidine rings is 1. The van der Waals surface area contributed by atoms with Gasteiger partial charge in [0.2, 0.25) is 0 Å². The van der Waals surface area contributed by atoms with Crippen LogP contribution in [0.15, 0.2) is 48.7 Å². The molecular formula is C26H27FN6O4. The fourth-order valence-electron chi connectivity index (χ4n) is 4.61. The lowest BCUT2D eigenvalue weighted by Crippen LogP contribution is -2.46. The maximum absolute atomic E-state index is 15.0. The number of anilines is 1. The maximum Gasteiger partial charge on any atom is 0.412 e. The van der Waals surface area contributed by atoms with Crippen molar-refractivity contribution in [1.82, 2.24) is 14.7 Å². The maximum atomic E-state index is 15.0. The van der Waals surface area contributed by atoms with Crippen LogP contribution < -0.4 is 11.1 Å². The molecule has 0 saturated carbocycles. The molecule has 2 amide bonds. The van der Waals surface area contributed by atoms with Crippen molar-refractivity contribution in [3.8, 4) is 22.9 Å². The second-order valence-electron chi connectivity index (χ2n) is 8.98. The lowest BCUT2D eigenvalue weighted by molar-refractivity contribution is 0.0961. The van der Waals surface area contributed by atoms with Crippen molar-refractivity contribution in [2.45, 2.75) is 31.3 Å². The third kappa shape index (κ3) is 5.39. The minimum Gasteiger partial charge on any atom is -0.507 e. The summed E-state index contributed by atoms with van der Waals surface area (Å²) in [4.78, 5) is 25.6. The predicted octanol–water partition coefficient (Wildman–Crippen LogP) is 3.58. The van der Waals surface area contributed by atoms with Gasteiger partial charge in [0.05, 0.1) is 25.1 Å². The smallest absolute Gasteiger partial charge is 0.412 e. The number of aromatic nitrogens is 2. The summed E-state index contributed by atoms with van der Waals surface area (Å²) in [7, 11) is 1.18. The number of hydrogen-bond donors (Lipinski definition) is 3. The molecule has 1 saturated heterocycles. The van der Waals surface area contributed by atoms with Crippen LogP contribution in [-0.2, 0) is 16.8 Å². The predicted molar refractivity (Wildman–Crippen MR) is 133 cm³/mol. The highest BCUT2D eigenvalue weighted by Gasteiger charge is 2.38. The minimum absolute atomic E-state index is 0.000376. The van der Waals surface area contributed by atoms with Crippen LogP contribution in [0.3, 0.4) is 0 Å². The summed E-state index contributed by atoms with van der Waals surface area (Å²) in [5.41, 5.74) is 6.23. The Morgan fingerprint density at radius 3 is 2.59 bits per heavy atom. The number of hydrogen-bond acceptors (Lipinski definition) is 7. The van der Waals surface area contributed by atoms with Crippen LogP contribution in [0.2, 0.25) is 0 Å². The lowest BCUT2D eigenvalue weighted by Gasteiger charge is -2.40. The van der Waals surface area contributed by atoms with Crippen molar-refractivity contribution >= 4 is 17.8 Å². The highest BCUT2D eigenvalue weighted by Crippen LogP contribution is 2.36. The van der Waals surface area contributed by atoms with Gasteiger partial charge < -0.3 is 15.6 Å². The summed E-state index contributed by atoms with van der Waals surface area (Å²) in [6.07, 6.45) is 1.70. The van der Waals surface area contributed by atoms with Gasteiger partial charge in [-0.05, 0) is 30.5 Å². The van der Waals surface area contributed by atoms with Crippen LogP contribution in [0.4, 0.5) is 15.0 Å². The average molecular weight is 507 g/mol. The molecule has 2 aromatic carbocycles. The Kier molecular flexibility index (Phi) is 7.40. The zero-order chi connectivity index (χ0) is 26.6. The van der Waals surface area contributed by atoms with E-state index in [9.17, 15) is 24.3 Å². The van der Waals surface area contributed by atoms with Gasteiger partial charge in [-0.15, -0.1) is 0 Å². The third-order valence-electron chi connectivity index (χ3n) is 6.71. The summed E-state index contributed by atoms with van der Waals surface area (Å²) in [6.45, 7) is 1.29. The number of nitrogens with one attached hydrogen (secondary N) is 1. The van der Waals surface area contributed by atoms with Gasteiger partial charge in [-0.1, -0.05) is 30.3 Å². The van der Waals surface area contributed by atoms with E-state index in [0.29, 0.717) is 37.1 Å². The first kappa shape index (κ1) is 25.7. The molecule has 4 rings (SSSR count). The highest BCUT2D eigenvalue weighted by atomic mass is 19.1. The molecule has 10 nitrogen and oxygen atoms in total. The molecule has 0 spiro atoms. The van der Waals surface area contributed by atoms with Crippen LogP contribution in [0.25, 0.3) is 11.1 Å². The number of methoxy groups -OCH3 is 1. The van der Waals surface area contributed by atoms with Gasteiger partial charge in [0, 0.05) is 37.0 Å². The van der Waals surface area contributed by atoms with E-state index in [0.717, 1.165) is 5.56 Å². The largest absolute Gasteiger partial charge is 0.507 e.